The van der Waals surface area contributed by atoms with Crippen LogP contribution >= 0.6 is 11.6 Å². The van der Waals surface area contributed by atoms with E-state index in [1.807, 2.05) is 0 Å². The molecule has 0 bridgehead atoms. The molecule has 0 spiro atoms. The number of halogens is 2. The number of rotatable bonds is 2. The molecule has 1 aromatic rings. The van der Waals surface area contributed by atoms with E-state index in [0.717, 1.165) is 6.21 Å². The summed E-state index contributed by atoms with van der Waals surface area (Å²) in [6, 6.07) is 1.30. The Morgan fingerprint density at radius 2 is 2.27 bits per heavy atom. The van der Waals surface area contributed by atoms with Gasteiger partial charge in [0.15, 0.2) is 0 Å². The van der Waals surface area contributed by atoms with Crippen LogP contribution in [-0.2, 0) is 0 Å². The molecule has 0 heterocycles. The molecule has 4 nitrogen and oxygen atoms in total. The summed E-state index contributed by atoms with van der Waals surface area (Å²) in [5.74, 6) is -2.48. The van der Waals surface area contributed by atoms with E-state index in [0.29, 0.717) is 5.56 Å². The van der Waals surface area contributed by atoms with Crippen LogP contribution in [0.4, 0.5) is 4.39 Å². The van der Waals surface area contributed by atoms with Crippen molar-refractivity contribution in [3.05, 3.63) is 33.6 Å². The van der Waals surface area contributed by atoms with Crippen LogP contribution in [0.1, 0.15) is 21.5 Å². The molecule has 0 aliphatic heterocycles. The van der Waals surface area contributed by atoms with Crippen molar-refractivity contribution in [3.8, 4) is 0 Å². The number of oxime groups is 1. The molecule has 6 heteroatoms. The number of aryl methyl sites for hydroxylation is 1. The van der Waals surface area contributed by atoms with Crippen molar-refractivity contribution in [1.82, 2.24) is 0 Å². The molecule has 1 aromatic carbocycles. The molecule has 0 unspecified atom stereocenters. The molecular weight excluding hydrogens is 225 g/mol. The number of benzene rings is 1. The number of carboxylic acid groups (broad SMARTS) is 1. The normalized spacial score (nSPS) is 10.9. The summed E-state index contributed by atoms with van der Waals surface area (Å²) in [5, 5.41) is 19.5. The lowest BCUT2D eigenvalue weighted by molar-refractivity contribution is 0.0692. The second-order valence-corrected chi connectivity index (χ2v) is 3.23. The highest BCUT2D eigenvalue weighted by Crippen LogP contribution is 2.24. The highest BCUT2D eigenvalue weighted by Gasteiger charge is 2.19. The van der Waals surface area contributed by atoms with Crippen LogP contribution in [-0.4, -0.2) is 22.5 Å². The molecule has 0 saturated heterocycles. The monoisotopic (exact) mass is 231 g/mol. The van der Waals surface area contributed by atoms with Crippen molar-refractivity contribution >= 4 is 23.8 Å². The van der Waals surface area contributed by atoms with Crippen LogP contribution in [0.25, 0.3) is 0 Å². The lowest BCUT2D eigenvalue weighted by Gasteiger charge is -2.06. The minimum atomic E-state index is -1.47. The summed E-state index contributed by atoms with van der Waals surface area (Å²) < 4.78 is 13.6. The van der Waals surface area contributed by atoms with Crippen LogP contribution in [0.15, 0.2) is 11.2 Å². The highest BCUT2D eigenvalue weighted by molar-refractivity contribution is 6.33. The summed E-state index contributed by atoms with van der Waals surface area (Å²) in [6.45, 7) is 1.53. The minimum Gasteiger partial charge on any atom is -0.478 e. The van der Waals surface area contributed by atoms with Crippen molar-refractivity contribution in [2.45, 2.75) is 6.92 Å². The van der Waals surface area contributed by atoms with Crippen molar-refractivity contribution in [1.29, 1.82) is 0 Å². The Balaban J connectivity index is 3.56. The number of carbonyl (C=O) groups is 1. The molecule has 0 saturated carbocycles. The fourth-order valence-electron chi connectivity index (χ4n) is 1.16. The zero-order valence-corrected chi connectivity index (χ0v) is 8.42. The SMILES string of the molecule is Cc1cc(Cl)c(C(=O)O)c(F)c1C=NO. The van der Waals surface area contributed by atoms with E-state index in [-0.39, 0.29) is 10.6 Å². The van der Waals surface area contributed by atoms with Gasteiger partial charge in [-0.2, -0.15) is 0 Å². The molecule has 0 radical (unpaired) electrons. The Morgan fingerprint density at radius 1 is 1.67 bits per heavy atom. The quantitative estimate of drug-likeness (QED) is 0.466. The van der Waals surface area contributed by atoms with Gasteiger partial charge in [0, 0.05) is 5.56 Å². The predicted molar refractivity (Wildman–Crippen MR) is 52.5 cm³/mol. The third kappa shape index (κ3) is 2.07. The van der Waals surface area contributed by atoms with Gasteiger partial charge < -0.3 is 10.3 Å². The van der Waals surface area contributed by atoms with Gasteiger partial charge in [0.1, 0.15) is 11.4 Å². The Morgan fingerprint density at radius 3 is 2.73 bits per heavy atom. The van der Waals surface area contributed by atoms with E-state index < -0.39 is 17.3 Å². The van der Waals surface area contributed by atoms with Crippen LogP contribution < -0.4 is 0 Å². The van der Waals surface area contributed by atoms with Gasteiger partial charge in [-0.05, 0) is 18.6 Å². The van der Waals surface area contributed by atoms with Crippen molar-refractivity contribution in [2.75, 3.05) is 0 Å². The lowest BCUT2D eigenvalue weighted by Crippen LogP contribution is -2.06. The van der Waals surface area contributed by atoms with Gasteiger partial charge >= 0.3 is 5.97 Å². The number of hydrogen-bond acceptors (Lipinski definition) is 3. The van der Waals surface area contributed by atoms with Crippen LogP contribution in [0.5, 0.6) is 0 Å². The standard InChI is InChI=1S/C9H7ClFNO3/c1-4-2-6(10)7(9(13)14)8(11)5(4)3-12-15/h2-3,15H,1H3,(H,13,14). The third-order valence-corrected chi connectivity index (χ3v) is 2.16. The van der Waals surface area contributed by atoms with E-state index in [4.69, 9.17) is 21.9 Å². The Hall–Kier alpha value is -1.62. The predicted octanol–water partition coefficient (Wildman–Crippen LogP) is 2.29. The molecule has 0 aromatic heterocycles. The molecule has 0 fully saturated rings. The molecule has 1 rings (SSSR count). The van der Waals surface area contributed by atoms with Crippen molar-refractivity contribution < 1.29 is 19.5 Å². The number of carboxylic acids is 1. The summed E-state index contributed by atoms with van der Waals surface area (Å²) >= 11 is 5.57. The molecule has 15 heavy (non-hydrogen) atoms. The van der Waals surface area contributed by atoms with E-state index >= 15 is 0 Å². The zero-order valence-electron chi connectivity index (χ0n) is 7.66. The van der Waals surface area contributed by atoms with Gasteiger partial charge in [0.05, 0.1) is 11.2 Å². The Kier molecular flexibility index (Phi) is 3.26. The van der Waals surface area contributed by atoms with Crippen LogP contribution in [0, 0.1) is 12.7 Å². The molecular formula is C9H7ClFNO3. The fraction of sp³-hybridized carbons (Fsp3) is 0.111. The van der Waals surface area contributed by atoms with Crippen molar-refractivity contribution in [3.63, 3.8) is 0 Å². The second-order valence-electron chi connectivity index (χ2n) is 2.83. The van der Waals surface area contributed by atoms with E-state index in [9.17, 15) is 9.18 Å². The Bertz CT molecular complexity index is 445. The van der Waals surface area contributed by atoms with Gasteiger partial charge in [-0.15, -0.1) is 0 Å². The summed E-state index contributed by atoms with van der Waals surface area (Å²) in [4.78, 5) is 10.7. The topological polar surface area (TPSA) is 69.9 Å². The fourth-order valence-corrected chi connectivity index (χ4v) is 1.49. The maximum absolute atomic E-state index is 13.6. The summed E-state index contributed by atoms with van der Waals surface area (Å²) in [7, 11) is 0. The van der Waals surface area contributed by atoms with Crippen LogP contribution in [0.3, 0.4) is 0 Å². The summed E-state index contributed by atoms with van der Waals surface area (Å²) in [5.41, 5.74) is -0.336. The largest absolute Gasteiger partial charge is 0.478 e. The Labute approximate surface area is 89.6 Å². The van der Waals surface area contributed by atoms with Gasteiger partial charge in [-0.1, -0.05) is 16.8 Å². The van der Waals surface area contributed by atoms with Gasteiger partial charge in [-0.3, -0.25) is 0 Å². The third-order valence-electron chi connectivity index (χ3n) is 1.86. The van der Waals surface area contributed by atoms with Crippen LogP contribution in [0.2, 0.25) is 5.02 Å². The maximum atomic E-state index is 13.6. The number of hydrogen-bond donors (Lipinski definition) is 2. The van der Waals surface area contributed by atoms with Gasteiger partial charge in [-0.25, -0.2) is 9.18 Å². The van der Waals surface area contributed by atoms with Gasteiger partial charge in [0.25, 0.3) is 0 Å². The first-order valence-electron chi connectivity index (χ1n) is 3.88. The number of nitrogens with zero attached hydrogens (tertiary/aromatic N) is 1. The molecule has 80 valence electrons. The minimum absolute atomic E-state index is 0.0979. The highest BCUT2D eigenvalue weighted by atomic mass is 35.5. The first-order valence-corrected chi connectivity index (χ1v) is 4.26. The maximum Gasteiger partial charge on any atom is 0.340 e. The molecule has 0 aliphatic rings. The lowest BCUT2D eigenvalue weighted by atomic mass is 10.0. The smallest absolute Gasteiger partial charge is 0.340 e. The number of aromatic carboxylic acids is 1. The molecule has 0 amide bonds. The van der Waals surface area contributed by atoms with E-state index in [2.05, 4.69) is 5.16 Å². The molecule has 2 N–H and O–H groups in total. The average Bonchev–Trinajstić information content (AvgIpc) is 2.11. The van der Waals surface area contributed by atoms with Crippen molar-refractivity contribution in [2.24, 2.45) is 5.16 Å². The van der Waals surface area contributed by atoms with E-state index in [1.165, 1.54) is 13.0 Å². The van der Waals surface area contributed by atoms with E-state index in [1.54, 1.807) is 0 Å². The first-order chi connectivity index (χ1) is 6.99. The molecule has 0 atom stereocenters. The molecule has 0 aliphatic carbocycles. The average molecular weight is 232 g/mol. The summed E-state index contributed by atoms with van der Waals surface area (Å²) in [6.07, 6.45) is 0.827. The second kappa shape index (κ2) is 4.27. The van der Waals surface area contributed by atoms with Gasteiger partial charge in [0.2, 0.25) is 0 Å². The zero-order chi connectivity index (χ0) is 11.6. The first kappa shape index (κ1) is 11.5.